The van der Waals surface area contributed by atoms with Gasteiger partial charge in [0.05, 0.1) is 6.42 Å². The number of hydrogen-bond acceptors (Lipinski definition) is 5. The highest BCUT2D eigenvalue weighted by molar-refractivity contribution is 6.30. The van der Waals surface area contributed by atoms with E-state index in [2.05, 4.69) is 10.6 Å². The van der Waals surface area contributed by atoms with Crippen LogP contribution < -0.4 is 10.6 Å². The summed E-state index contributed by atoms with van der Waals surface area (Å²) >= 11 is 5.84. The number of amides is 2. The molecular weight excluding hydrogens is 395 g/mol. The number of alkyl halides is 1. The highest BCUT2D eigenvalue weighted by atomic mass is 35.5. The summed E-state index contributed by atoms with van der Waals surface area (Å²) in [4.78, 5) is 46.7. The van der Waals surface area contributed by atoms with E-state index in [-0.39, 0.29) is 6.61 Å². The Kier molecular flexibility index (Phi) is 9.37. The molecule has 1 aromatic carbocycles. The number of ether oxygens (including phenoxy) is 1. The molecule has 0 aromatic heterocycles. The first kappa shape index (κ1) is 23.4. The molecule has 0 aliphatic heterocycles. The zero-order chi connectivity index (χ0) is 21.3. The van der Waals surface area contributed by atoms with Crippen molar-refractivity contribution in [2.75, 3.05) is 6.67 Å². The van der Waals surface area contributed by atoms with Crippen LogP contribution >= 0.6 is 11.6 Å². The Morgan fingerprint density at radius 1 is 1.21 bits per heavy atom. The van der Waals surface area contributed by atoms with Crippen molar-refractivity contribution < 1.29 is 33.4 Å². The van der Waals surface area contributed by atoms with Crippen molar-refractivity contribution in [2.45, 2.75) is 39.0 Å². The predicted octanol–water partition coefficient (Wildman–Crippen LogP) is 2.09. The van der Waals surface area contributed by atoms with Gasteiger partial charge in [0, 0.05) is 5.02 Å². The molecule has 0 fully saturated rings. The highest BCUT2D eigenvalue weighted by Crippen LogP contribution is 2.12. The minimum Gasteiger partial charge on any atom is -0.481 e. The number of alkyl carbamates (subject to hydrolysis) is 1. The smallest absolute Gasteiger partial charge is 0.408 e. The summed E-state index contributed by atoms with van der Waals surface area (Å²) in [6.07, 6.45) is -1.65. The summed E-state index contributed by atoms with van der Waals surface area (Å²) in [6, 6.07) is 4.02. The third-order valence-electron chi connectivity index (χ3n) is 3.70. The molecule has 1 aromatic rings. The molecule has 0 heterocycles. The number of aliphatic carboxylic acids is 1. The first-order valence-corrected chi connectivity index (χ1v) is 8.80. The molecule has 10 heteroatoms. The van der Waals surface area contributed by atoms with Gasteiger partial charge in [-0.1, -0.05) is 37.6 Å². The molecule has 154 valence electrons. The molecule has 0 radical (unpaired) electrons. The Balaban J connectivity index is 2.71. The van der Waals surface area contributed by atoms with Gasteiger partial charge in [-0.05, 0) is 23.6 Å². The van der Waals surface area contributed by atoms with Gasteiger partial charge in [-0.3, -0.25) is 14.4 Å². The van der Waals surface area contributed by atoms with E-state index in [0.717, 1.165) is 0 Å². The van der Waals surface area contributed by atoms with Crippen molar-refractivity contribution in [3.05, 3.63) is 34.9 Å². The number of carboxylic acids is 1. The molecule has 2 amide bonds. The lowest BCUT2D eigenvalue weighted by Gasteiger charge is -2.24. The fourth-order valence-electron chi connectivity index (χ4n) is 2.25. The minimum absolute atomic E-state index is 0.0825. The molecule has 0 aliphatic carbocycles. The average Bonchev–Trinajstić information content (AvgIpc) is 2.62. The number of ketones is 1. The van der Waals surface area contributed by atoms with Crippen molar-refractivity contribution in [3.8, 4) is 0 Å². The summed E-state index contributed by atoms with van der Waals surface area (Å²) in [5.74, 6) is -3.67. The van der Waals surface area contributed by atoms with Crippen molar-refractivity contribution >= 4 is 35.4 Å². The van der Waals surface area contributed by atoms with Crippen LogP contribution in [0, 0.1) is 5.92 Å². The van der Waals surface area contributed by atoms with Crippen LogP contribution in [0.25, 0.3) is 0 Å². The van der Waals surface area contributed by atoms with Gasteiger partial charge < -0.3 is 20.5 Å². The monoisotopic (exact) mass is 416 g/mol. The van der Waals surface area contributed by atoms with E-state index >= 15 is 0 Å². The van der Waals surface area contributed by atoms with Crippen LogP contribution in [0.2, 0.25) is 5.02 Å². The van der Waals surface area contributed by atoms with Crippen LogP contribution in [0.1, 0.15) is 25.8 Å². The number of halogens is 2. The third-order valence-corrected chi connectivity index (χ3v) is 3.93. The minimum atomic E-state index is -1.53. The van der Waals surface area contributed by atoms with E-state index in [1.807, 2.05) is 0 Å². The number of Topliss-reactive ketones (excluding diaryl/α,β-unsaturated/α-hetero) is 1. The van der Waals surface area contributed by atoms with Crippen LogP contribution in [0.3, 0.4) is 0 Å². The van der Waals surface area contributed by atoms with E-state index in [9.17, 15) is 23.6 Å². The fourth-order valence-corrected chi connectivity index (χ4v) is 2.47. The van der Waals surface area contributed by atoms with Gasteiger partial charge in [0.15, 0.2) is 5.78 Å². The van der Waals surface area contributed by atoms with E-state index in [0.29, 0.717) is 10.6 Å². The number of carboxylic acid groups (broad SMARTS) is 1. The maximum absolute atomic E-state index is 12.6. The van der Waals surface area contributed by atoms with Crippen molar-refractivity contribution in [1.82, 2.24) is 10.6 Å². The first-order valence-electron chi connectivity index (χ1n) is 8.42. The Bertz CT molecular complexity index is 728. The molecule has 0 aliphatic rings. The zero-order valence-electron chi connectivity index (χ0n) is 15.4. The van der Waals surface area contributed by atoms with Crippen molar-refractivity contribution in [1.29, 1.82) is 0 Å². The highest BCUT2D eigenvalue weighted by Gasteiger charge is 2.30. The number of hydrogen-bond donors (Lipinski definition) is 3. The molecule has 1 unspecified atom stereocenters. The molecule has 0 saturated carbocycles. The van der Waals surface area contributed by atoms with Gasteiger partial charge in [0.1, 0.15) is 25.4 Å². The standard InChI is InChI=1S/C18H22ClFN2O6/c1-10(2)16(17(26)21-13(7-15(24)25)14(23)8-20)22-18(27)28-9-11-4-3-5-12(19)6-11/h3-6,10,13,16H,7-9H2,1-2H3,(H,21,26)(H,22,27)(H,24,25)/t13?,16-/m0/s1. The molecule has 3 N–H and O–H groups in total. The number of carbonyl (C=O) groups is 4. The van der Waals surface area contributed by atoms with Gasteiger partial charge in [-0.2, -0.15) is 0 Å². The Morgan fingerprint density at radius 2 is 1.89 bits per heavy atom. The zero-order valence-corrected chi connectivity index (χ0v) is 16.2. The number of carbonyl (C=O) groups excluding carboxylic acids is 3. The van der Waals surface area contributed by atoms with Gasteiger partial charge in [-0.15, -0.1) is 0 Å². The second-order valence-corrected chi connectivity index (χ2v) is 6.77. The second kappa shape index (κ2) is 11.2. The second-order valence-electron chi connectivity index (χ2n) is 6.33. The summed E-state index contributed by atoms with van der Waals surface area (Å²) in [7, 11) is 0. The quantitative estimate of drug-likeness (QED) is 0.537. The van der Waals surface area contributed by atoms with Crippen LogP contribution in [-0.4, -0.2) is 47.6 Å². The summed E-state index contributed by atoms with van der Waals surface area (Å²) in [5, 5.41) is 13.8. The lowest BCUT2D eigenvalue weighted by Crippen LogP contribution is -2.54. The number of nitrogens with one attached hydrogen (secondary N) is 2. The lowest BCUT2D eigenvalue weighted by molar-refractivity contribution is -0.140. The molecule has 0 saturated heterocycles. The van der Waals surface area contributed by atoms with Crippen LogP contribution in [0.15, 0.2) is 24.3 Å². The molecule has 0 bridgehead atoms. The molecular formula is C18H22ClFN2O6. The molecule has 28 heavy (non-hydrogen) atoms. The normalized spacial score (nSPS) is 12.8. The molecule has 0 spiro atoms. The Labute approximate surface area is 166 Å². The number of rotatable bonds is 10. The fraction of sp³-hybridized carbons (Fsp3) is 0.444. The van der Waals surface area contributed by atoms with Gasteiger partial charge in [-0.25, -0.2) is 9.18 Å². The van der Waals surface area contributed by atoms with Crippen molar-refractivity contribution in [2.24, 2.45) is 5.92 Å². The molecule has 1 rings (SSSR count). The largest absolute Gasteiger partial charge is 0.481 e. The van der Waals surface area contributed by atoms with E-state index in [4.69, 9.17) is 21.4 Å². The molecule has 2 atom stereocenters. The van der Waals surface area contributed by atoms with Gasteiger partial charge in [0.2, 0.25) is 5.91 Å². The lowest BCUT2D eigenvalue weighted by atomic mass is 10.0. The maximum atomic E-state index is 12.6. The Hall–Kier alpha value is -2.68. The summed E-state index contributed by atoms with van der Waals surface area (Å²) in [5.41, 5.74) is 0.642. The van der Waals surface area contributed by atoms with Gasteiger partial charge >= 0.3 is 12.1 Å². The van der Waals surface area contributed by atoms with Crippen LogP contribution in [0.5, 0.6) is 0 Å². The van der Waals surface area contributed by atoms with Crippen molar-refractivity contribution in [3.63, 3.8) is 0 Å². The summed E-state index contributed by atoms with van der Waals surface area (Å²) < 4.78 is 17.6. The molecule has 8 nitrogen and oxygen atoms in total. The average molecular weight is 417 g/mol. The first-order chi connectivity index (χ1) is 13.1. The maximum Gasteiger partial charge on any atom is 0.408 e. The van der Waals surface area contributed by atoms with E-state index < -0.39 is 54.8 Å². The van der Waals surface area contributed by atoms with Crippen LogP contribution in [-0.2, 0) is 25.7 Å². The summed E-state index contributed by atoms with van der Waals surface area (Å²) in [6.45, 7) is 1.76. The van der Waals surface area contributed by atoms with Gasteiger partial charge in [0.25, 0.3) is 0 Å². The van der Waals surface area contributed by atoms with E-state index in [1.165, 1.54) is 0 Å². The van der Waals surface area contributed by atoms with E-state index in [1.54, 1.807) is 38.1 Å². The number of benzene rings is 1. The Morgan fingerprint density at radius 3 is 2.43 bits per heavy atom. The topological polar surface area (TPSA) is 122 Å². The third kappa shape index (κ3) is 7.91. The SMILES string of the molecule is CC(C)[C@H](NC(=O)OCc1cccc(Cl)c1)C(=O)NC(CC(=O)O)C(=O)CF. The van der Waals surface area contributed by atoms with Crippen LogP contribution in [0.4, 0.5) is 9.18 Å². The predicted molar refractivity (Wildman–Crippen MR) is 98.6 cm³/mol.